The van der Waals surface area contributed by atoms with Crippen molar-refractivity contribution in [3.8, 4) is 0 Å². The maximum atomic E-state index is 5.77. The minimum absolute atomic E-state index is 0.626. The van der Waals surface area contributed by atoms with Gasteiger partial charge in [-0.25, -0.2) is 4.98 Å². The quantitative estimate of drug-likeness (QED) is 0.913. The lowest BCUT2D eigenvalue weighted by molar-refractivity contribution is 0.724. The molecule has 1 fully saturated rings. The van der Waals surface area contributed by atoms with E-state index in [1.54, 1.807) is 11.3 Å². The predicted octanol–water partition coefficient (Wildman–Crippen LogP) is 2.50. The highest BCUT2D eigenvalue weighted by Crippen LogP contribution is 2.30. The molecule has 0 bridgehead atoms. The van der Waals surface area contributed by atoms with Crippen molar-refractivity contribution in [3.05, 3.63) is 10.6 Å². The molecule has 96 valence electrons. The Hall–Kier alpha value is -0.260. The smallest absolute Gasteiger partial charge is 0.185 e. The molecule has 17 heavy (non-hydrogen) atoms. The third-order valence-electron chi connectivity index (χ3n) is 3.15. The van der Waals surface area contributed by atoms with Crippen molar-refractivity contribution in [2.45, 2.75) is 38.5 Å². The van der Waals surface area contributed by atoms with Crippen LogP contribution in [0.4, 0.5) is 5.13 Å². The van der Waals surface area contributed by atoms with Crippen LogP contribution in [0.5, 0.6) is 0 Å². The van der Waals surface area contributed by atoms with Gasteiger partial charge in [-0.05, 0) is 12.8 Å². The summed E-state index contributed by atoms with van der Waals surface area (Å²) >= 11 is 3.88. The van der Waals surface area contributed by atoms with E-state index in [2.05, 4.69) is 30.5 Å². The summed E-state index contributed by atoms with van der Waals surface area (Å²) in [6, 6.07) is 0. The Morgan fingerprint density at radius 2 is 2.29 bits per heavy atom. The molecule has 0 radical (unpaired) electrons. The molecule has 2 heterocycles. The van der Waals surface area contributed by atoms with Crippen molar-refractivity contribution in [2.24, 2.45) is 5.73 Å². The summed E-state index contributed by atoms with van der Waals surface area (Å²) in [4.78, 5) is 8.44. The molecule has 3 nitrogen and oxygen atoms in total. The molecule has 1 aliphatic rings. The molecule has 0 saturated carbocycles. The van der Waals surface area contributed by atoms with Crippen LogP contribution in [-0.2, 0) is 13.0 Å². The lowest BCUT2D eigenvalue weighted by atomic mass is 10.3. The summed E-state index contributed by atoms with van der Waals surface area (Å²) in [5, 5.41) is 1.94. The molecule has 5 heteroatoms. The second-order valence-corrected chi connectivity index (χ2v) is 6.74. The van der Waals surface area contributed by atoms with Gasteiger partial charge in [-0.2, -0.15) is 11.8 Å². The molecule has 0 aliphatic carbocycles. The standard InChI is InChI=1S/C12H21N3S2/c1-3-9-8-15(5-6-16-9)12-14-10(4-2)11(7-13)17-12/h9H,3-8,13H2,1-2H3. The average Bonchev–Trinajstić information content (AvgIpc) is 2.82. The Balaban J connectivity index is 2.13. The van der Waals surface area contributed by atoms with Gasteiger partial charge < -0.3 is 10.6 Å². The van der Waals surface area contributed by atoms with Crippen LogP contribution in [0.25, 0.3) is 0 Å². The second-order valence-electron chi connectivity index (χ2n) is 4.27. The molecule has 1 atom stereocenters. The van der Waals surface area contributed by atoms with Gasteiger partial charge in [0.05, 0.1) is 5.69 Å². The molecule has 1 aromatic rings. The van der Waals surface area contributed by atoms with E-state index in [1.807, 2.05) is 0 Å². The van der Waals surface area contributed by atoms with Crippen LogP contribution in [0, 0.1) is 0 Å². The van der Waals surface area contributed by atoms with Crippen molar-refractivity contribution < 1.29 is 0 Å². The lowest BCUT2D eigenvalue weighted by Crippen LogP contribution is -2.37. The number of thioether (sulfide) groups is 1. The van der Waals surface area contributed by atoms with Gasteiger partial charge in [0.15, 0.2) is 5.13 Å². The topological polar surface area (TPSA) is 42.2 Å². The second kappa shape index (κ2) is 6.07. The monoisotopic (exact) mass is 271 g/mol. The van der Waals surface area contributed by atoms with E-state index in [0.29, 0.717) is 6.54 Å². The Morgan fingerprint density at radius 1 is 1.47 bits per heavy atom. The highest BCUT2D eigenvalue weighted by Gasteiger charge is 2.22. The Labute approximate surface area is 112 Å². The van der Waals surface area contributed by atoms with E-state index in [0.717, 1.165) is 24.8 Å². The first kappa shape index (κ1) is 13.2. The minimum atomic E-state index is 0.626. The molecule has 0 spiro atoms. The molecule has 1 aromatic heterocycles. The van der Waals surface area contributed by atoms with Crippen molar-refractivity contribution in [2.75, 3.05) is 23.7 Å². The highest BCUT2D eigenvalue weighted by atomic mass is 32.2. The van der Waals surface area contributed by atoms with Crippen LogP contribution in [0.3, 0.4) is 0 Å². The van der Waals surface area contributed by atoms with Crippen LogP contribution >= 0.6 is 23.1 Å². The van der Waals surface area contributed by atoms with E-state index in [1.165, 1.54) is 27.9 Å². The zero-order valence-corrected chi connectivity index (χ0v) is 12.2. The first-order valence-corrected chi connectivity index (χ1v) is 8.20. The van der Waals surface area contributed by atoms with Gasteiger partial charge in [0, 0.05) is 35.5 Å². The maximum absolute atomic E-state index is 5.77. The van der Waals surface area contributed by atoms with Crippen molar-refractivity contribution >= 4 is 28.2 Å². The van der Waals surface area contributed by atoms with E-state index in [-0.39, 0.29) is 0 Å². The van der Waals surface area contributed by atoms with Gasteiger partial charge in [0.2, 0.25) is 0 Å². The molecular formula is C12H21N3S2. The fourth-order valence-electron chi connectivity index (χ4n) is 2.08. The van der Waals surface area contributed by atoms with E-state index >= 15 is 0 Å². The minimum Gasteiger partial charge on any atom is -0.346 e. The Morgan fingerprint density at radius 3 is 2.88 bits per heavy atom. The number of aromatic nitrogens is 1. The first-order valence-electron chi connectivity index (χ1n) is 6.33. The number of rotatable bonds is 4. The maximum Gasteiger partial charge on any atom is 0.185 e. The largest absolute Gasteiger partial charge is 0.346 e. The highest BCUT2D eigenvalue weighted by molar-refractivity contribution is 8.00. The van der Waals surface area contributed by atoms with Crippen molar-refractivity contribution in [3.63, 3.8) is 0 Å². The third kappa shape index (κ3) is 2.95. The van der Waals surface area contributed by atoms with Crippen LogP contribution in [0.15, 0.2) is 0 Å². The number of nitrogens with zero attached hydrogens (tertiary/aromatic N) is 2. The number of hydrogen-bond acceptors (Lipinski definition) is 5. The third-order valence-corrected chi connectivity index (χ3v) is 5.70. The molecule has 1 saturated heterocycles. The number of thiazole rings is 1. The molecule has 2 N–H and O–H groups in total. The SMILES string of the molecule is CCc1nc(N2CCSC(CC)C2)sc1CN. The lowest BCUT2D eigenvalue weighted by Gasteiger charge is -2.31. The van der Waals surface area contributed by atoms with Crippen molar-refractivity contribution in [1.82, 2.24) is 4.98 Å². The Bertz CT molecular complexity index is 343. The van der Waals surface area contributed by atoms with Crippen LogP contribution in [-0.4, -0.2) is 29.1 Å². The van der Waals surface area contributed by atoms with Gasteiger partial charge in [0.25, 0.3) is 0 Å². The predicted molar refractivity (Wildman–Crippen MR) is 78.1 cm³/mol. The van der Waals surface area contributed by atoms with Crippen molar-refractivity contribution in [1.29, 1.82) is 0 Å². The molecule has 0 amide bonds. The average molecular weight is 271 g/mol. The summed E-state index contributed by atoms with van der Waals surface area (Å²) in [6.07, 6.45) is 2.24. The fraction of sp³-hybridized carbons (Fsp3) is 0.750. The first-order chi connectivity index (χ1) is 8.28. The number of aryl methyl sites for hydroxylation is 1. The summed E-state index contributed by atoms with van der Waals surface area (Å²) in [7, 11) is 0. The molecule has 1 unspecified atom stereocenters. The van der Waals surface area contributed by atoms with Gasteiger partial charge in [-0.3, -0.25) is 0 Å². The van der Waals surface area contributed by atoms with E-state index in [9.17, 15) is 0 Å². The fourth-order valence-corrected chi connectivity index (χ4v) is 4.32. The summed E-state index contributed by atoms with van der Waals surface area (Å²) < 4.78 is 0. The number of nitrogens with two attached hydrogens (primary N) is 1. The van der Waals surface area contributed by atoms with Crippen LogP contribution < -0.4 is 10.6 Å². The van der Waals surface area contributed by atoms with Gasteiger partial charge >= 0.3 is 0 Å². The summed E-state index contributed by atoms with van der Waals surface area (Å²) in [5.74, 6) is 1.22. The van der Waals surface area contributed by atoms with E-state index in [4.69, 9.17) is 10.7 Å². The number of anilines is 1. The zero-order valence-electron chi connectivity index (χ0n) is 10.6. The molecule has 1 aliphatic heterocycles. The van der Waals surface area contributed by atoms with E-state index < -0.39 is 0 Å². The molecule has 2 rings (SSSR count). The summed E-state index contributed by atoms with van der Waals surface area (Å²) in [5.41, 5.74) is 6.96. The zero-order chi connectivity index (χ0) is 12.3. The summed E-state index contributed by atoms with van der Waals surface area (Å²) in [6.45, 7) is 7.31. The normalized spacial score (nSPS) is 20.9. The Kier molecular flexibility index (Phi) is 4.70. The number of hydrogen-bond donors (Lipinski definition) is 1. The van der Waals surface area contributed by atoms with Gasteiger partial charge in [-0.15, -0.1) is 11.3 Å². The van der Waals surface area contributed by atoms with Gasteiger partial charge in [-0.1, -0.05) is 13.8 Å². The van der Waals surface area contributed by atoms with Crippen LogP contribution in [0.1, 0.15) is 30.8 Å². The molecule has 0 aromatic carbocycles. The van der Waals surface area contributed by atoms with Gasteiger partial charge in [0.1, 0.15) is 0 Å². The molecular weight excluding hydrogens is 250 g/mol. The van der Waals surface area contributed by atoms with Crippen LogP contribution in [0.2, 0.25) is 0 Å².